The van der Waals surface area contributed by atoms with E-state index < -0.39 is 0 Å². The quantitative estimate of drug-likeness (QED) is 0.557. The van der Waals surface area contributed by atoms with Crippen LogP contribution in [0.1, 0.15) is 5.56 Å². The van der Waals surface area contributed by atoms with Crippen molar-refractivity contribution in [3.8, 4) is 5.75 Å². The largest absolute Gasteiger partial charge is 0.497 e. The van der Waals surface area contributed by atoms with Gasteiger partial charge < -0.3 is 10.1 Å². The van der Waals surface area contributed by atoms with E-state index in [1.54, 1.807) is 36.8 Å². The van der Waals surface area contributed by atoms with Crippen molar-refractivity contribution in [2.24, 2.45) is 0 Å². The smallest absolute Gasteiger partial charge is 0.230 e. The van der Waals surface area contributed by atoms with Gasteiger partial charge in [0.25, 0.3) is 0 Å². The van der Waals surface area contributed by atoms with Gasteiger partial charge in [-0.1, -0.05) is 18.2 Å². The predicted molar refractivity (Wildman–Crippen MR) is 97.1 cm³/mol. The molecule has 0 unspecified atom stereocenters. The van der Waals surface area contributed by atoms with Crippen LogP contribution < -0.4 is 10.1 Å². The number of benzene rings is 1. The number of aromatic nitrogens is 1. The van der Waals surface area contributed by atoms with Crippen LogP contribution >= 0.6 is 23.5 Å². The lowest BCUT2D eigenvalue weighted by Crippen LogP contribution is -2.27. The summed E-state index contributed by atoms with van der Waals surface area (Å²) in [4.78, 5) is 16.0. The van der Waals surface area contributed by atoms with E-state index in [1.807, 2.05) is 42.5 Å². The normalized spacial score (nSPS) is 10.3. The summed E-state index contributed by atoms with van der Waals surface area (Å²) < 4.78 is 5.12. The van der Waals surface area contributed by atoms with Crippen LogP contribution in [0.2, 0.25) is 0 Å². The molecule has 0 saturated heterocycles. The molecule has 23 heavy (non-hydrogen) atoms. The number of rotatable bonds is 9. The van der Waals surface area contributed by atoms with Gasteiger partial charge in [0.05, 0.1) is 17.9 Å². The summed E-state index contributed by atoms with van der Waals surface area (Å²) in [6.07, 6.45) is 1.77. The third-order valence-electron chi connectivity index (χ3n) is 2.97. The van der Waals surface area contributed by atoms with Crippen LogP contribution in [-0.4, -0.2) is 36.1 Å². The van der Waals surface area contributed by atoms with Crippen molar-refractivity contribution in [2.75, 3.05) is 25.2 Å². The number of pyridine rings is 1. The highest BCUT2D eigenvalue weighted by Gasteiger charge is 2.02. The molecule has 2 rings (SSSR count). The lowest BCUT2D eigenvalue weighted by Gasteiger charge is -2.06. The number of hydrogen-bond donors (Lipinski definition) is 1. The number of amides is 1. The maximum atomic E-state index is 11.8. The van der Waals surface area contributed by atoms with Gasteiger partial charge in [0.15, 0.2) is 0 Å². The third kappa shape index (κ3) is 6.97. The maximum absolute atomic E-state index is 11.8. The number of nitrogens with zero attached hydrogens (tertiary/aromatic N) is 1. The molecule has 1 N–H and O–H groups in total. The third-order valence-corrected chi connectivity index (χ3v) is 4.92. The molecule has 4 nitrogen and oxygen atoms in total. The number of methoxy groups -OCH3 is 1. The average molecular weight is 348 g/mol. The zero-order valence-corrected chi connectivity index (χ0v) is 14.7. The molecule has 0 aliphatic carbocycles. The van der Waals surface area contributed by atoms with Crippen molar-refractivity contribution in [1.82, 2.24) is 10.3 Å². The Labute approximate surface area is 145 Å². The highest BCUT2D eigenvalue weighted by atomic mass is 32.2. The van der Waals surface area contributed by atoms with Crippen molar-refractivity contribution in [1.29, 1.82) is 0 Å². The first-order valence-electron chi connectivity index (χ1n) is 7.29. The first-order valence-corrected chi connectivity index (χ1v) is 9.43. The molecule has 122 valence electrons. The van der Waals surface area contributed by atoms with Gasteiger partial charge in [0.2, 0.25) is 5.91 Å². The van der Waals surface area contributed by atoms with E-state index >= 15 is 0 Å². The number of ether oxygens (including phenoxy) is 1. The van der Waals surface area contributed by atoms with E-state index in [0.717, 1.165) is 22.3 Å². The molecule has 2 aromatic rings. The van der Waals surface area contributed by atoms with E-state index in [0.29, 0.717) is 12.3 Å². The Morgan fingerprint density at radius 3 is 2.74 bits per heavy atom. The summed E-state index contributed by atoms with van der Waals surface area (Å²) in [6, 6.07) is 13.7. The van der Waals surface area contributed by atoms with Gasteiger partial charge >= 0.3 is 0 Å². The summed E-state index contributed by atoms with van der Waals surface area (Å²) in [5.41, 5.74) is 1.19. The number of carbonyl (C=O) groups is 1. The fraction of sp³-hybridized carbons (Fsp3) is 0.294. The summed E-state index contributed by atoms with van der Waals surface area (Å²) in [5, 5.41) is 3.91. The van der Waals surface area contributed by atoms with Crippen molar-refractivity contribution in [3.05, 3.63) is 54.2 Å². The van der Waals surface area contributed by atoms with E-state index in [4.69, 9.17) is 4.74 Å². The topological polar surface area (TPSA) is 51.2 Å². The molecule has 0 aliphatic rings. The Hall–Kier alpha value is -1.66. The van der Waals surface area contributed by atoms with Crippen molar-refractivity contribution in [3.63, 3.8) is 0 Å². The second kappa shape index (κ2) is 10.2. The van der Waals surface area contributed by atoms with E-state index in [-0.39, 0.29) is 5.91 Å². The lowest BCUT2D eigenvalue weighted by atomic mass is 10.2. The Bertz CT molecular complexity index is 591. The number of thioether (sulfide) groups is 2. The Morgan fingerprint density at radius 1 is 1.22 bits per heavy atom. The van der Waals surface area contributed by atoms with Crippen LogP contribution in [0.15, 0.2) is 53.7 Å². The molecule has 0 spiro atoms. The summed E-state index contributed by atoms with van der Waals surface area (Å²) >= 11 is 3.25. The van der Waals surface area contributed by atoms with Gasteiger partial charge in [-0.15, -0.1) is 23.5 Å². The maximum Gasteiger partial charge on any atom is 0.230 e. The minimum Gasteiger partial charge on any atom is -0.497 e. The zero-order valence-electron chi connectivity index (χ0n) is 13.0. The standard InChI is InChI=1S/C17H20N2O2S2/c1-21-15-7-5-14(6-8-15)12-22-13-16(20)18-10-11-23-17-4-2-3-9-19-17/h2-9H,10-13H2,1H3,(H,18,20). The van der Waals surface area contributed by atoms with Crippen LogP contribution in [0.25, 0.3) is 0 Å². The zero-order chi connectivity index (χ0) is 16.3. The van der Waals surface area contributed by atoms with Crippen molar-refractivity contribution < 1.29 is 9.53 Å². The Kier molecular flexibility index (Phi) is 7.83. The van der Waals surface area contributed by atoms with Gasteiger partial charge in [-0.3, -0.25) is 4.79 Å². The van der Waals surface area contributed by atoms with Crippen LogP contribution in [0.5, 0.6) is 5.75 Å². The van der Waals surface area contributed by atoms with Crippen LogP contribution in [0.3, 0.4) is 0 Å². The number of carbonyl (C=O) groups excluding carboxylic acids is 1. The summed E-state index contributed by atoms with van der Waals surface area (Å²) in [7, 11) is 1.65. The molecule has 0 bridgehead atoms. The predicted octanol–water partition coefficient (Wildman–Crippen LogP) is 3.23. The molecule has 6 heteroatoms. The van der Waals surface area contributed by atoms with Crippen LogP contribution in [-0.2, 0) is 10.5 Å². The summed E-state index contributed by atoms with van der Waals surface area (Å²) in [5.74, 6) is 3.04. The molecule has 1 aromatic heterocycles. The van der Waals surface area contributed by atoms with Gasteiger partial charge in [-0.25, -0.2) is 4.98 Å². The number of hydrogen-bond acceptors (Lipinski definition) is 5. The monoisotopic (exact) mass is 348 g/mol. The van der Waals surface area contributed by atoms with Gasteiger partial charge in [-0.05, 0) is 29.8 Å². The SMILES string of the molecule is COc1ccc(CSCC(=O)NCCSc2ccccn2)cc1. The van der Waals surface area contributed by atoms with Gasteiger partial charge in [-0.2, -0.15) is 0 Å². The molecule has 0 saturated carbocycles. The molecule has 1 heterocycles. The van der Waals surface area contributed by atoms with E-state index in [2.05, 4.69) is 10.3 Å². The van der Waals surface area contributed by atoms with E-state index in [9.17, 15) is 4.79 Å². The first-order chi connectivity index (χ1) is 11.3. The van der Waals surface area contributed by atoms with Crippen molar-refractivity contribution >= 4 is 29.4 Å². The molecule has 0 radical (unpaired) electrons. The Morgan fingerprint density at radius 2 is 2.04 bits per heavy atom. The van der Waals surface area contributed by atoms with Crippen LogP contribution in [0, 0.1) is 0 Å². The Balaban J connectivity index is 1.56. The van der Waals surface area contributed by atoms with Gasteiger partial charge in [0.1, 0.15) is 5.75 Å². The molecular weight excluding hydrogens is 328 g/mol. The molecule has 1 aromatic carbocycles. The minimum atomic E-state index is 0.0742. The molecule has 0 aliphatic heterocycles. The average Bonchev–Trinajstić information content (AvgIpc) is 2.60. The van der Waals surface area contributed by atoms with E-state index in [1.165, 1.54) is 5.56 Å². The first kappa shape index (κ1) is 17.7. The highest BCUT2D eigenvalue weighted by Crippen LogP contribution is 2.16. The van der Waals surface area contributed by atoms with Crippen LogP contribution in [0.4, 0.5) is 0 Å². The molecule has 0 fully saturated rings. The minimum absolute atomic E-state index is 0.0742. The second-order valence-electron chi connectivity index (χ2n) is 4.71. The molecule has 0 atom stereocenters. The molecule has 1 amide bonds. The highest BCUT2D eigenvalue weighted by molar-refractivity contribution is 7.99. The number of nitrogens with one attached hydrogen (secondary N) is 1. The fourth-order valence-electron chi connectivity index (χ4n) is 1.81. The molecular formula is C17H20N2O2S2. The summed E-state index contributed by atoms with van der Waals surface area (Å²) in [6.45, 7) is 0.656. The lowest BCUT2D eigenvalue weighted by molar-refractivity contribution is -0.118. The van der Waals surface area contributed by atoms with Crippen molar-refractivity contribution in [2.45, 2.75) is 10.8 Å². The second-order valence-corrected chi connectivity index (χ2v) is 6.81. The fourth-order valence-corrected chi connectivity index (χ4v) is 3.35. The van der Waals surface area contributed by atoms with Gasteiger partial charge in [0, 0.05) is 24.2 Å².